The number of rotatable bonds is 3. The Balaban J connectivity index is 2.22. The van der Waals surface area contributed by atoms with Crippen LogP contribution in [0.3, 0.4) is 0 Å². The number of furan rings is 1. The van der Waals surface area contributed by atoms with E-state index in [1.165, 1.54) is 18.4 Å². The van der Waals surface area contributed by atoms with Crippen LogP contribution in [0.2, 0.25) is 0 Å². The van der Waals surface area contributed by atoms with E-state index >= 15 is 0 Å². The summed E-state index contributed by atoms with van der Waals surface area (Å²) in [4.78, 5) is 11.1. The monoisotopic (exact) mass is 319 g/mol. The van der Waals surface area contributed by atoms with E-state index < -0.39 is 32.6 Å². The van der Waals surface area contributed by atoms with Gasteiger partial charge in [-0.15, -0.1) is 0 Å². The van der Waals surface area contributed by atoms with Crippen molar-refractivity contribution < 1.29 is 30.8 Å². The lowest BCUT2D eigenvalue weighted by Crippen LogP contribution is -2.30. The van der Waals surface area contributed by atoms with Crippen molar-refractivity contribution in [3.05, 3.63) is 54.0 Å². The molecule has 1 N–H and O–H groups in total. The summed E-state index contributed by atoms with van der Waals surface area (Å²) in [6.45, 7) is 0. The fourth-order valence-corrected chi connectivity index (χ4v) is 2.42. The highest BCUT2D eigenvalue weighted by Gasteiger charge is 2.31. The van der Waals surface area contributed by atoms with Gasteiger partial charge in [-0.25, -0.2) is 13.1 Å². The van der Waals surface area contributed by atoms with Crippen LogP contribution >= 0.6 is 0 Å². The van der Waals surface area contributed by atoms with Crippen LogP contribution in [-0.4, -0.2) is 14.3 Å². The van der Waals surface area contributed by atoms with Crippen LogP contribution < -0.4 is 4.72 Å². The zero-order chi connectivity index (χ0) is 15.7. The fourth-order valence-electron chi connectivity index (χ4n) is 1.46. The van der Waals surface area contributed by atoms with Crippen molar-refractivity contribution >= 4 is 15.9 Å². The highest BCUT2D eigenvalue weighted by Crippen LogP contribution is 2.29. The van der Waals surface area contributed by atoms with Gasteiger partial charge in [0.05, 0.1) is 16.7 Å². The molecule has 0 aliphatic rings. The third-order valence-electron chi connectivity index (χ3n) is 2.46. The van der Waals surface area contributed by atoms with E-state index in [0.717, 1.165) is 12.1 Å². The number of benzene rings is 1. The van der Waals surface area contributed by atoms with Crippen LogP contribution in [0.4, 0.5) is 13.2 Å². The van der Waals surface area contributed by atoms with E-state index in [1.807, 2.05) is 0 Å². The molecule has 0 atom stereocenters. The predicted octanol–water partition coefficient (Wildman–Crippen LogP) is 2.42. The third kappa shape index (κ3) is 3.43. The average molecular weight is 319 g/mol. The van der Waals surface area contributed by atoms with Gasteiger partial charge in [0.2, 0.25) is 0 Å². The molecule has 0 unspecified atom stereocenters. The van der Waals surface area contributed by atoms with Gasteiger partial charge in [-0.1, -0.05) is 0 Å². The standard InChI is InChI=1S/C12H8F3NO4S/c13-12(14,15)8-3-5-9(6-4-8)21(18,19)16-11(17)10-2-1-7-20-10/h1-7H,(H,16,17). The third-order valence-corrected chi connectivity index (χ3v) is 3.81. The first-order chi connectivity index (χ1) is 9.70. The number of amides is 1. The van der Waals surface area contributed by atoms with Crippen molar-refractivity contribution in [2.24, 2.45) is 0 Å². The second kappa shape index (κ2) is 5.24. The Morgan fingerprint density at radius 2 is 1.71 bits per heavy atom. The maximum atomic E-state index is 12.4. The van der Waals surface area contributed by atoms with Crippen molar-refractivity contribution in [2.75, 3.05) is 0 Å². The molecule has 112 valence electrons. The molecule has 1 heterocycles. The minimum Gasteiger partial charge on any atom is -0.459 e. The molecule has 2 aromatic rings. The molecule has 0 spiro atoms. The molecule has 0 aliphatic heterocycles. The van der Waals surface area contributed by atoms with Crippen LogP contribution in [0.25, 0.3) is 0 Å². The van der Waals surface area contributed by atoms with Crippen molar-refractivity contribution in [2.45, 2.75) is 11.1 Å². The normalized spacial score (nSPS) is 12.1. The fraction of sp³-hybridized carbons (Fsp3) is 0.0833. The summed E-state index contributed by atoms with van der Waals surface area (Å²) < 4.78 is 67.2. The Labute approximate surface area is 117 Å². The Morgan fingerprint density at radius 3 is 2.19 bits per heavy atom. The summed E-state index contributed by atoms with van der Waals surface area (Å²) in [7, 11) is -4.27. The lowest BCUT2D eigenvalue weighted by molar-refractivity contribution is -0.137. The molecule has 5 nitrogen and oxygen atoms in total. The Hall–Kier alpha value is -2.29. The lowest BCUT2D eigenvalue weighted by atomic mass is 10.2. The van der Waals surface area contributed by atoms with Gasteiger partial charge in [-0.3, -0.25) is 4.79 Å². The summed E-state index contributed by atoms with van der Waals surface area (Å²) in [6, 6.07) is 5.40. The quantitative estimate of drug-likeness (QED) is 0.942. The van der Waals surface area contributed by atoms with Gasteiger partial charge >= 0.3 is 12.1 Å². The van der Waals surface area contributed by atoms with Crippen molar-refractivity contribution in [3.8, 4) is 0 Å². The Bertz CT molecular complexity index is 734. The maximum Gasteiger partial charge on any atom is 0.416 e. The molecule has 0 aliphatic carbocycles. The second-order valence-electron chi connectivity index (χ2n) is 3.93. The molecule has 9 heteroatoms. The van der Waals surface area contributed by atoms with Crippen molar-refractivity contribution in [3.63, 3.8) is 0 Å². The molecule has 0 saturated carbocycles. The van der Waals surface area contributed by atoms with Gasteiger partial charge in [0, 0.05) is 0 Å². The van der Waals surface area contributed by atoms with Crippen LogP contribution in [-0.2, 0) is 16.2 Å². The average Bonchev–Trinajstić information content (AvgIpc) is 2.91. The molecular formula is C12H8F3NO4S. The topological polar surface area (TPSA) is 76.4 Å². The lowest BCUT2D eigenvalue weighted by Gasteiger charge is -2.08. The molecule has 0 radical (unpaired) electrons. The van der Waals surface area contributed by atoms with Gasteiger partial charge in [-0.2, -0.15) is 13.2 Å². The first-order valence-corrected chi connectivity index (χ1v) is 6.96. The zero-order valence-electron chi connectivity index (χ0n) is 10.2. The summed E-state index contributed by atoms with van der Waals surface area (Å²) in [6.07, 6.45) is -3.39. The molecule has 0 bridgehead atoms. The Kier molecular flexibility index (Phi) is 3.77. The predicted molar refractivity (Wildman–Crippen MR) is 64.8 cm³/mol. The number of hydrogen-bond acceptors (Lipinski definition) is 4. The van der Waals surface area contributed by atoms with Gasteiger partial charge in [0.15, 0.2) is 5.76 Å². The number of hydrogen-bond donors (Lipinski definition) is 1. The van der Waals surface area contributed by atoms with E-state index in [0.29, 0.717) is 12.1 Å². The first kappa shape index (κ1) is 15.1. The minimum absolute atomic E-state index is 0.231. The molecule has 2 rings (SSSR count). The SMILES string of the molecule is O=C(NS(=O)(=O)c1ccc(C(F)(F)F)cc1)c1ccco1. The molecular weight excluding hydrogens is 311 g/mol. The summed E-state index contributed by atoms with van der Waals surface area (Å²) in [5, 5.41) is 0. The van der Waals surface area contributed by atoms with E-state index in [-0.39, 0.29) is 5.76 Å². The van der Waals surface area contributed by atoms with E-state index in [2.05, 4.69) is 0 Å². The number of carbonyl (C=O) groups is 1. The number of carbonyl (C=O) groups excluding carboxylic acids is 1. The van der Waals surface area contributed by atoms with Crippen LogP contribution in [0, 0.1) is 0 Å². The molecule has 0 saturated heterocycles. The molecule has 1 aromatic carbocycles. The van der Waals surface area contributed by atoms with Crippen molar-refractivity contribution in [1.82, 2.24) is 4.72 Å². The number of nitrogens with one attached hydrogen (secondary N) is 1. The van der Waals surface area contributed by atoms with Crippen LogP contribution in [0.5, 0.6) is 0 Å². The van der Waals surface area contributed by atoms with Crippen molar-refractivity contribution in [1.29, 1.82) is 0 Å². The van der Waals surface area contributed by atoms with E-state index in [4.69, 9.17) is 4.42 Å². The molecule has 0 fully saturated rings. The van der Waals surface area contributed by atoms with Crippen LogP contribution in [0.1, 0.15) is 16.1 Å². The summed E-state index contributed by atoms with van der Waals surface area (Å²) in [5.41, 5.74) is -0.987. The first-order valence-electron chi connectivity index (χ1n) is 5.48. The van der Waals surface area contributed by atoms with Gasteiger partial charge in [0.25, 0.3) is 10.0 Å². The van der Waals surface area contributed by atoms with E-state index in [9.17, 15) is 26.4 Å². The van der Waals surface area contributed by atoms with Gasteiger partial charge in [0.1, 0.15) is 0 Å². The van der Waals surface area contributed by atoms with Gasteiger partial charge < -0.3 is 4.42 Å². The molecule has 1 aromatic heterocycles. The Morgan fingerprint density at radius 1 is 1.10 bits per heavy atom. The maximum absolute atomic E-state index is 12.4. The largest absolute Gasteiger partial charge is 0.459 e. The minimum atomic E-state index is -4.57. The van der Waals surface area contributed by atoms with E-state index in [1.54, 1.807) is 4.72 Å². The number of alkyl halides is 3. The summed E-state index contributed by atoms with van der Waals surface area (Å²) in [5.74, 6) is -1.25. The van der Waals surface area contributed by atoms with Crippen LogP contribution in [0.15, 0.2) is 52.0 Å². The highest BCUT2D eigenvalue weighted by atomic mass is 32.2. The number of sulfonamides is 1. The second-order valence-corrected chi connectivity index (χ2v) is 5.62. The number of halogens is 3. The highest BCUT2D eigenvalue weighted by molar-refractivity contribution is 7.90. The smallest absolute Gasteiger partial charge is 0.416 e. The molecule has 21 heavy (non-hydrogen) atoms. The molecule has 1 amide bonds. The van der Waals surface area contributed by atoms with Gasteiger partial charge in [-0.05, 0) is 36.4 Å². The zero-order valence-corrected chi connectivity index (χ0v) is 11.0. The summed E-state index contributed by atoms with van der Waals surface area (Å²) >= 11 is 0.